The third-order valence-corrected chi connectivity index (χ3v) is 5.18. The van der Waals surface area contributed by atoms with Crippen molar-refractivity contribution < 1.29 is 14.3 Å². The fourth-order valence-corrected chi connectivity index (χ4v) is 3.45. The first kappa shape index (κ1) is 16.8. The van der Waals surface area contributed by atoms with Crippen molar-refractivity contribution in [2.75, 3.05) is 23.9 Å². The Balaban J connectivity index is 1.77. The van der Waals surface area contributed by atoms with E-state index in [1.54, 1.807) is 0 Å². The summed E-state index contributed by atoms with van der Waals surface area (Å²) in [7, 11) is 1.41. The minimum absolute atomic E-state index is 0.233. The van der Waals surface area contributed by atoms with E-state index in [2.05, 4.69) is 11.4 Å². The number of esters is 1. The number of aryl methyl sites for hydroxylation is 1. The van der Waals surface area contributed by atoms with E-state index in [0.717, 1.165) is 24.3 Å². The van der Waals surface area contributed by atoms with Gasteiger partial charge in [0.25, 0.3) is 0 Å². The van der Waals surface area contributed by atoms with Crippen LogP contribution in [0.3, 0.4) is 0 Å². The zero-order chi connectivity index (χ0) is 17.1. The Morgan fingerprint density at radius 2 is 2.17 bits per heavy atom. The summed E-state index contributed by atoms with van der Waals surface area (Å²) >= 11 is 0. The number of hydrogen-bond acceptors (Lipinski definition) is 4. The molecular weight excluding hydrogens is 304 g/mol. The van der Waals surface area contributed by atoms with E-state index in [9.17, 15) is 9.59 Å². The summed E-state index contributed by atoms with van der Waals surface area (Å²) in [6.07, 6.45) is 5.74. The van der Waals surface area contributed by atoms with Crippen LogP contribution in [0.5, 0.6) is 0 Å². The molecule has 1 aromatic rings. The van der Waals surface area contributed by atoms with Crippen LogP contribution in [0.25, 0.3) is 0 Å². The smallest absolute Gasteiger partial charge is 0.328 e. The Morgan fingerprint density at radius 3 is 2.79 bits per heavy atom. The average Bonchev–Trinajstić information content (AvgIpc) is 2.56. The maximum absolute atomic E-state index is 12.3. The number of nitrogens with zero attached hydrogens (tertiary/aromatic N) is 1. The van der Waals surface area contributed by atoms with Crippen molar-refractivity contribution >= 4 is 23.3 Å². The molecule has 130 valence electrons. The van der Waals surface area contributed by atoms with Crippen LogP contribution in [0.15, 0.2) is 18.2 Å². The highest BCUT2D eigenvalue weighted by Crippen LogP contribution is 2.34. The largest absolute Gasteiger partial charge is 0.467 e. The Bertz CT molecular complexity index is 625. The van der Waals surface area contributed by atoms with Gasteiger partial charge in [-0.15, -0.1) is 0 Å². The number of ether oxygens (including phenoxy) is 1. The second-order valence-corrected chi connectivity index (χ2v) is 6.77. The summed E-state index contributed by atoms with van der Waals surface area (Å²) in [5.74, 6) is 0.634. The number of fused-ring (bicyclic) bond motifs is 1. The number of carbonyl (C=O) groups is 2. The zero-order valence-electron chi connectivity index (χ0n) is 14.5. The number of methoxy groups -OCH3 is 1. The summed E-state index contributed by atoms with van der Waals surface area (Å²) in [6.45, 7) is 2.80. The molecule has 1 amide bonds. The molecule has 1 aliphatic carbocycles. The van der Waals surface area contributed by atoms with Crippen molar-refractivity contribution in [1.82, 2.24) is 0 Å². The van der Waals surface area contributed by atoms with Gasteiger partial charge in [-0.3, -0.25) is 4.79 Å². The molecule has 1 heterocycles. The highest BCUT2D eigenvalue weighted by atomic mass is 16.5. The molecule has 0 aromatic heterocycles. The first-order chi connectivity index (χ1) is 11.6. The Kier molecular flexibility index (Phi) is 5.07. The van der Waals surface area contributed by atoms with Crippen LogP contribution in [-0.4, -0.2) is 31.6 Å². The van der Waals surface area contributed by atoms with Gasteiger partial charge < -0.3 is 15.0 Å². The molecule has 1 atom stereocenters. The predicted molar refractivity (Wildman–Crippen MR) is 94.2 cm³/mol. The van der Waals surface area contributed by atoms with Crippen LogP contribution >= 0.6 is 0 Å². The van der Waals surface area contributed by atoms with Crippen LogP contribution < -0.4 is 10.2 Å². The van der Waals surface area contributed by atoms with E-state index < -0.39 is 0 Å². The molecule has 3 rings (SSSR count). The Hall–Kier alpha value is -2.04. The van der Waals surface area contributed by atoms with Crippen molar-refractivity contribution in [2.45, 2.75) is 51.5 Å². The van der Waals surface area contributed by atoms with Gasteiger partial charge in [0.1, 0.15) is 6.04 Å². The van der Waals surface area contributed by atoms with E-state index in [0.29, 0.717) is 18.8 Å². The molecule has 5 nitrogen and oxygen atoms in total. The summed E-state index contributed by atoms with van der Waals surface area (Å²) in [5.41, 5.74) is 3.12. The fourth-order valence-electron chi connectivity index (χ4n) is 3.45. The van der Waals surface area contributed by atoms with Gasteiger partial charge in [-0.25, -0.2) is 4.79 Å². The maximum Gasteiger partial charge on any atom is 0.328 e. The third-order valence-electron chi connectivity index (χ3n) is 5.18. The Morgan fingerprint density at radius 1 is 1.38 bits per heavy atom. The zero-order valence-corrected chi connectivity index (χ0v) is 14.5. The molecule has 2 aliphatic rings. The molecule has 0 spiro atoms. The second kappa shape index (κ2) is 7.24. The SMILES string of the molecule is CCC(Nc1ccc2c(c1)CCC(=O)N2CC1CCC1)C(=O)OC. The van der Waals surface area contributed by atoms with Crippen molar-refractivity contribution in [3.05, 3.63) is 23.8 Å². The molecule has 0 saturated heterocycles. The summed E-state index contributed by atoms with van der Waals surface area (Å²) in [6, 6.07) is 5.69. The lowest BCUT2D eigenvalue weighted by Crippen LogP contribution is -2.40. The fraction of sp³-hybridized carbons (Fsp3) is 0.579. The first-order valence-electron chi connectivity index (χ1n) is 8.90. The van der Waals surface area contributed by atoms with Crippen LogP contribution in [-0.2, 0) is 20.7 Å². The average molecular weight is 330 g/mol. The minimum Gasteiger partial charge on any atom is -0.467 e. The molecule has 0 bridgehead atoms. The predicted octanol–water partition coefficient (Wildman–Crippen LogP) is 3.13. The minimum atomic E-state index is -0.343. The lowest BCUT2D eigenvalue weighted by molar-refractivity contribution is -0.141. The van der Waals surface area contributed by atoms with Crippen LogP contribution in [0.1, 0.15) is 44.6 Å². The van der Waals surface area contributed by atoms with Gasteiger partial charge in [0.2, 0.25) is 5.91 Å². The molecule has 1 aromatic carbocycles. The van der Waals surface area contributed by atoms with E-state index in [4.69, 9.17) is 4.74 Å². The molecule has 5 heteroatoms. The van der Waals surface area contributed by atoms with Crippen LogP contribution in [0.4, 0.5) is 11.4 Å². The number of benzene rings is 1. The first-order valence-corrected chi connectivity index (χ1v) is 8.90. The number of anilines is 2. The van der Waals surface area contributed by atoms with Crippen molar-refractivity contribution in [3.8, 4) is 0 Å². The molecule has 1 N–H and O–H groups in total. The van der Waals surface area contributed by atoms with Gasteiger partial charge in [0, 0.05) is 24.3 Å². The number of nitrogens with one attached hydrogen (secondary N) is 1. The molecule has 0 radical (unpaired) electrons. The monoisotopic (exact) mass is 330 g/mol. The van der Waals surface area contributed by atoms with Crippen LogP contribution in [0, 0.1) is 5.92 Å². The second-order valence-electron chi connectivity index (χ2n) is 6.77. The summed E-state index contributed by atoms with van der Waals surface area (Å²) < 4.78 is 4.83. The third kappa shape index (κ3) is 3.40. The molecule has 1 saturated carbocycles. The van der Waals surface area contributed by atoms with E-state index >= 15 is 0 Å². The van der Waals surface area contributed by atoms with E-state index in [1.807, 2.05) is 24.0 Å². The summed E-state index contributed by atoms with van der Waals surface area (Å²) in [5, 5.41) is 3.24. The number of amides is 1. The van der Waals surface area contributed by atoms with Gasteiger partial charge in [-0.05, 0) is 55.4 Å². The van der Waals surface area contributed by atoms with E-state index in [-0.39, 0.29) is 17.9 Å². The van der Waals surface area contributed by atoms with Gasteiger partial charge >= 0.3 is 5.97 Å². The number of hydrogen-bond donors (Lipinski definition) is 1. The lowest BCUT2D eigenvalue weighted by Gasteiger charge is -2.36. The normalized spacial score (nSPS) is 18.6. The maximum atomic E-state index is 12.3. The van der Waals surface area contributed by atoms with E-state index in [1.165, 1.54) is 31.9 Å². The highest BCUT2D eigenvalue weighted by Gasteiger charge is 2.29. The quantitative estimate of drug-likeness (QED) is 0.814. The lowest BCUT2D eigenvalue weighted by atomic mass is 9.84. The molecular formula is C19H26N2O3. The van der Waals surface area contributed by atoms with Gasteiger partial charge in [-0.2, -0.15) is 0 Å². The molecule has 1 fully saturated rings. The number of carbonyl (C=O) groups excluding carboxylic acids is 2. The molecule has 1 unspecified atom stereocenters. The van der Waals surface area contributed by atoms with Crippen molar-refractivity contribution in [1.29, 1.82) is 0 Å². The van der Waals surface area contributed by atoms with Crippen LogP contribution in [0.2, 0.25) is 0 Å². The van der Waals surface area contributed by atoms with Crippen molar-refractivity contribution in [3.63, 3.8) is 0 Å². The van der Waals surface area contributed by atoms with Gasteiger partial charge in [0.15, 0.2) is 0 Å². The Labute approximate surface area is 143 Å². The standard InChI is InChI=1S/C19H26N2O3/c1-3-16(19(23)24-2)20-15-8-9-17-14(11-15)7-10-18(22)21(17)12-13-5-4-6-13/h8-9,11,13,16,20H,3-7,10,12H2,1-2H3. The topological polar surface area (TPSA) is 58.6 Å². The van der Waals surface area contributed by atoms with Gasteiger partial charge in [-0.1, -0.05) is 13.3 Å². The highest BCUT2D eigenvalue weighted by molar-refractivity contribution is 5.96. The number of rotatable bonds is 6. The van der Waals surface area contributed by atoms with Crippen molar-refractivity contribution in [2.24, 2.45) is 5.92 Å². The summed E-state index contributed by atoms with van der Waals surface area (Å²) in [4.78, 5) is 26.0. The molecule has 24 heavy (non-hydrogen) atoms. The molecule has 1 aliphatic heterocycles. The van der Waals surface area contributed by atoms with Gasteiger partial charge in [0.05, 0.1) is 7.11 Å².